The molecule has 0 fully saturated rings. The smallest absolute Gasteiger partial charge is 0.144 e. The van der Waals surface area contributed by atoms with Gasteiger partial charge in [-0.2, -0.15) is 0 Å². The van der Waals surface area contributed by atoms with Crippen LogP contribution in [0, 0.1) is 0 Å². The number of benzene rings is 1. The molecule has 0 amide bonds. The number of hydrogen-bond acceptors (Lipinski definition) is 4. The number of anilines is 1. The predicted octanol–water partition coefficient (Wildman–Crippen LogP) is 2.15. The fraction of sp³-hybridized carbons (Fsp3) is 0.286. The van der Waals surface area contributed by atoms with Crippen molar-refractivity contribution in [3.05, 3.63) is 54.0 Å². The van der Waals surface area contributed by atoms with Gasteiger partial charge < -0.3 is 5.32 Å². The Kier molecular flexibility index (Phi) is 4.25. The first-order valence-electron chi connectivity index (χ1n) is 5.99. The van der Waals surface area contributed by atoms with E-state index < -0.39 is 0 Å². The maximum atomic E-state index is 4.36. The van der Waals surface area contributed by atoms with E-state index in [1.165, 1.54) is 5.56 Å². The van der Waals surface area contributed by atoms with Crippen LogP contribution in [0.25, 0.3) is 0 Å². The van der Waals surface area contributed by atoms with Gasteiger partial charge in [-0.15, -0.1) is 0 Å². The molecule has 0 unspecified atom stereocenters. The Hall–Kier alpha value is -1.94. The van der Waals surface area contributed by atoms with Crippen LogP contribution >= 0.6 is 0 Å². The van der Waals surface area contributed by atoms with E-state index in [4.69, 9.17) is 0 Å². The first kappa shape index (κ1) is 12.5. The van der Waals surface area contributed by atoms with Crippen molar-refractivity contribution in [3.63, 3.8) is 0 Å². The van der Waals surface area contributed by atoms with Crippen LogP contribution in [-0.2, 0) is 13.1 Å². The molecule has 94 valence electrons. The van der Waals surface area contributed by atoms with Crippen LogP contribution in [0.3, 0.4) is 0 Å². The van der Waals surface area contributed by atoms with Crippen molar-refractivity contribution >= 4 is 5.82 Å². The van der Waals surface area contributed by atoms with Crippen LogP contribution in [0.4, 0.5) is 5.82 Å². The second-order valence-electron chi connectivity index (χ2n) is 4.30. The fourth-order valence-corrected chi connectivity index (χ4v) is 1.79. The van der Waals surface area contributed by atoms with Crippen molar-refractivity contribution in [2.24, 2.45) is 0 Å². The summed E-state index contributed by atoms with van der Waals surface area (Å²) in [6.45, 7) is 1.71. The molecular formula is C14H18N4. The van der Waals surface area contributed by atoms with Gasteiger partial charge in [-0.1, -0.05) is 30.3 Å². The molecule has 0 radical (unpaired) electrons. The predicted molar refractivity (Wildman–Crippen MR) is 73.2 cm³/mol. The lowest BCUT2D eigenvalue weighted by atomic mass is 10.2. The lowest BCUT2D eigenvalue weighted by Crippen LogP contribution is -2.18. The van der Waals surface area contributed by atoms with Crippen molar-refractivity contribution in [1.82, 2.24) is 14.9 Å². The molecule has 0 saturated heterocycles. The largest absolute Gasteiger partial charge is 0.372 e. The minimum Gasteiger partial charge on any atom is -0.372 e. The highest BCUT2D eigenvalue weighted by atomic mass is 15.1. The molecule has 1 aromatic carbocycles. The Balaban J connectivity index is 1.92. The third kappa shape index (κ3) is 3.53. The average Bonchev–Trinajstić information content (AvgIpc) is 2.40. The number of rotatable bonds is 5. The molecule has 1 aromatic heterocycles. The quantitative estimate of drug-likeness (QED) is 0.872. The van der Waals surface area contributed by atoms with Crippen LogP contribution in [0.5, 0.6) is 0 Å². The Morgan fingerprint density at radius 1 is 1.06 bits per heavy atom. The molecule has 0 aliphatic heterocycles. The summed E-state index contributed by atoms with van der Waals surface area (Å²) >= 11 is 0. The van der Waals surface area contributed by atoms with E-state index in [-0.39, 0.29) is 0 Å². The van der Waals surface area contributed by atoms with Gasteiger partial charge in [0.1, 0.15) is 5.82 Å². The van der Waals surface area contributed by atoms with Gasteiger partial charge in [0.05, 0.1) is 18.1 Å². The molecule has 0 bridgehead atoms. The van der Waals surface area contributed by atoms with E-state index in [0.29, 0.717) is 0 Å². The molecule has 0 saturated carbocycles. The maximum Gasteiger partial charge on any atom is 0.144 e. The van der Waals surface area contributed by atoms with E-state index in [0.717, 1.165) is 24.6 Å². The number of aromatic nitrogens is 2. The topological polar surface area (TPSA) is 41.1 Å². The van der Waals surface area contributed by atoms with E-state index in [1.54, 1.807) is 6.20 Å². The summed E-state index contributed by atoms with van der Waals surface area (Å²) in [5, 5.41) is 2.96. The van der Waals surface area contributed by atoms with Crippen LogP contribution in [0.2, 0.25) is 0 Å². The summed E-state index contributed by atoms with van der Waals surface area (Å²) in [4.78, 5) is 10.8. The summed E-state index contributed by atoms with van der Waals surface area (Å²) in [6.07, 6.45) is 3.57. The monoisotopic (exact) mass is 242 g/mol. The average molecular weight is 242 g/mol. The Bertz CT molecular complexity index is 467. The van der Waals surface area contributed by atoms with Gasteiger partial charge in [0.2, 0.25) is 0 Å². The van der Waals surface area contributed by atoms with Crippen molar-refractivity contribution < 1.29 is 0 Å². The van der Waals surface area contributed by atoms with Crippen molar-refractivity contribution in [1.29, 1.82) is 0 Å². The van der Waals surface area contributed by atoms with Crippen LogP contribution in [-0.4, -0.2) is 29.0 Å². The first-order valence-corrected chi connectivity index (χ1v) is 5.99. The van der Waals surface area contributed by atoms with Crippen LogP contribution in [0.1, 0.15) is 11.3 Å². The van der Waals surface area contributed by atoms with Crippen LogP contribution in [0.15, 0.2) is 42.7 Å². The van der Waals surface area contributed by atoms with Gasteiger partial charge in [-0.05, 0) is 12.6 Å². The molecule has 0 aliphatic rings. The van der Waals surface area contributed by atoms with Crippen molar-refractivity contribution in [3.8, 4) is 0 Å². The minimum absolute atomic E-state index is 0.796. The Labute approximate surface area is 108 Å². The zero-order valence-corrected chi connectivity index (χ0v) is 10.8. The van der Waals surface area contributed by atoms with Gasteiger partial charge >= 0.3 is 0 Å². The molecule has 2 aromatic rings. The summed E-state index contributed by atoms with van der Waals surface area (Å²) in [5.41, 5.74) is 2.28. The van der Waals surface area contributed by atoms with Gasteiger partial charge in [0.15, 0.2) is 0 Å². The lowest BCUT2D eigenvalue weighted by Gasteiger charge is -2.16. The van der Waals surface area contributed by atoms with E-state index in [1.807, 2.05) is 19.3 Å². The molecular weight excluding hydrogens is 224 g/mol. The summed E-state index contributed by atoms with van der Waals surface area (Å²) in [5.74, 6) is 0.796. The highest BCUT2D eigenvalue weighted by Gasteiger charge is 2.03. The van der Waals surface area contributed by atoms with Gasteiger partial charge in [0, 0.05) is 20.1 Å². The fourth-order valence-electron chi connectivity index (χ4n) is 1.79. The molecule has 18 heavy (non-hydrogen) atoms. The number of hydrogen-bond donors (Lipinski definition) is 1. The van der Waals surface area contributed by atoms with E-state index >= 15 is 0 Å². The minimum atomic E-state index is 0.796. The highest BCUT2D eigenvalue weighted by molar-refractivity contribution is 5.29. The summed E-state index contributed by atoms with van der Waals surface area (Å²) in [7, 11) is 3.92. The third-order valence-corrected chi connectivity index (χ3v) is 2.69. The summed E-state index contributed by atoms with van der Waals surface area (Å²) < 4.78 is 0. The molecule has 1 heterocycles. The van der Waals surface area contributed by atoms with Gasteiger partial charge in [-0.25, -0.2) is 4.98 Å². The SMILES string of the molecule is CNc1cnc(CN(C)Cc2ccccc2)cn1. The molecule has 4 nitrogen and oxygen atoms in total. The first-order chi connectivity index (χ1) is 8.78. The maximum absolute atomic E-state index is 4.36. The zero-order valence-electron chi connectivity index (χ0n) is 10.8. The highest BCUT2D eigenvalue weighted by Crippen LogP contribution is 2.06. The molecule has 0 atom stereocenters. The lowest BCUT2D eigenvalue weighted by molar-refractivity contribution is 0.314. The summed E-state index contributed by atoms with van der Waals surface area (Å²) in [6, 6.07) is 10.4. The van der Waals surface area contributed by atoms with Crippen LogP contribution < -0.4 is 5.32 Å². The second kappa shape index (κ2) is 6.12. The van der Waals surface area contributed by atoms with Crippen molar-refractivity contribution in [2.75, 3.05) is 19.4 Å². The third-order valence-electron chi connectivity index (χ3n) is 2.69. The van der Waals surface area contributed by atoms with E-state index in [9.17, 15) is 0 Å². The van der Waals surface area contributed by atoms with Crippen molar-refractivity contribution in [2.45, 2.75) is 13.1 Å². The molecule has 1 N–H and O–H groups in total. The normalized spacial score (nSPS) is 10.6. The van der Waals surface area contributed by atoms with Gasteiger partial charge in [0.25, 0.3) is 0 Å². The van der Waals surface area contributed by atoms with E-state index in [2.05, 4.69) is 51.5 Å². The number of nitrogens with zero attached hydrogens (tertiary/aromatic N) is 3. The number of nitrogens with one attached hydrogen (secondary N) is 1. The second-order valence-corrected chi connectivity index (χ2v) is 4.30. The zero-order chi connectivity index (χ0) is 12.8. The molecule has 0 spiro atoms. The molecule has 4 heteroatoms. The Morgan fingerprint density at radius 3 is 2.44 bits per heavy atom. The molecule has 2 rings (SSSR count). The molecule has 0 aliphatic carbocycles. The van der Waals surface area contributed by atoms with Gasteiger partial charge in [-0.3, -0.25) is 9.88 Å². The Morgan fingerprint density at radius 2 is 1.83 bits per heavy atom. The standard InChI is InChI=1S/C14H18N4/c1-15-14-9-16-13(8-17-14)11-18(2)10-12-6-4-3-5-7-12/h3-9H,10-11H2,1-2H3,(H,15,17).